The third-order valence-corrected chi connectivity index (χ3v) is 3.38. The molecular formula is C16H19N5. The third kappa shape index (κ3) is 2.72. The Morgan fingerprint density at radius 2 is 2.10 bits per heavy atom. The first-order valence-corrected chi connectivity index (χ1v) is 7.36. The minimum absolute atomic E-state index is 0.630. The van der Waals surface area contributed by atoms with Crippen LogP contribution in [0.2, 0.25) is 0 Å². The first-order valence-electron chi connectivity index (χ1n) is 7.36. The number of hydrogen-bond acceptors (Lipinski definition) is 4. The average Bonchev–Trinajstić information content (AvgIpc) is 2.96. The van der Waals surface area contributed by atoms with Crippen LogP contribution in [0.4, 0.5) is 5.95 Å². The molecule has 0 atom stereocenters. The molecule has 2 aromatic heterocycles. The van der Waals surface area contributed by atoms with Crippen molar-refractivity contribution in [3.05, 3.63) is 36.0 Å². The standard InChI is InChI=1S/C16H19N5/c1-3-6-11-7-5-8-12(9-11)14-13-10-18-21-15(13)20-16(19-14)17-4-2/h5,7-10H,3-4,6H2,1-2H3,(H2,17,18,19,20,21). The Morgan fingerprint density at radius 3 is 2.90 bits per heavy atom. The van der Waals surface area contributed by atoms with E-state index in [2.05, 4.69) is 56.7 Å². The van der Waals surface area contributed by atoms with Crippen molar-refractivity contribution < 1.29 is 0 Å². The normalized spacial score (nSPS) is 11.0. The number of aryl methyl sites for hydroxylation is 1. The van der Waals surface area contributed by atoms with Crippen LogP contribution in [0.1, 0.15) is 25.8 Å². The zero-order valence-corrected chi connectivity index (χ0v) is 12.3. The van der Waals surface area contributed by atoms with Gasteiger partial charge in [-0.3, -0.25) is 5.10 Å². The van der Waals surface area contributed by atoms with Gasteiger partial charge in [0.15, 0.2) is 5.65 Å². The van der Waals surface area contributed by atoms with E-state index in [4.69, 9.17) is 0 Å². The predicted octanol–water partition coefficient (Wildman–Crippen LogP) is 3.40. The molecule has 0 amide bonds. The number of nitrogens with zero attached hydrogens (tertiary/aromatic N) is 3. The second-order valence-corrected chi connectivity index (χ2v) is 5.01. The lowest BCUT2D eigenvalue weighted by atomic mass is 10.0. The summed E-state index contributed by atoms with van der Waals surface area (Å²) in [7, 11) is 0. The molecule has 0 unspecified atom stereocenters. The van der Waals surface area contributed by atoms with Gasteiger partial charge in [-0.1, -0.05) is 31.5 Å². The highest BCUT2D eigenvalue weighted by molar-refractivity contribution is 5.90. The first kappa shape index (κ1) is 13.5. The highest BCUT2D eigenvalue weighted by Gasteiger charge is 2.11. The molecule has 5 nitrogen and oxygen atoms in total. The van der Waals surface area contributed by atoms with Gasteiger partial charge in [0.05, 0.1) is 17.3 Å². The Morgan fingerprint density at radius 1 is 1.19 bits per heavy atom. The SMILES string of the molecule is CCCc1cccc(-c2nc(NCC)nc3[nH]ncc23)c1. The van der Waals surface area contributed by atoms with Crippen molar-refractivity contribution in [1.82, 2.24) is 20.2 Å². The van der Waals surface area contributed by atoms with Crippen LogP contribution in [0.15, 0.2) is 30.5 Å². The molecule has 0 saturated carbocycles. The number of H-pyrrole nitrogens is 1. The molecule has 1 aromatic carbocycles. The molecule has 3 rings (SSSR count). The van der Waals surface area contributed by atoms with Gasteiger partial charge in [0.1, 0.15) is 0 Å². The molecule has 0 saturated heterocycles. The summed E-state index contributed by atoms with van der Waals surface area (Å²) < 4.78 is 0. The van der Waals surface area contributed by atoms with Gasteiger partial charge in [-0.25, -0.2) is 4.98 Å². The fraction of sp³-hybridized carbons (Fsp3) is 0.312. The zero-order valence-electron chi connectivity index (χ0n) is 12.3. The Hall–Kier alpha value is -2.43. The maximum atomic E-state index is 4.65. The molecule has 0 aliphatic heterocycles. The number of anilines is 1. The van der Waals surface area contributed by atoms with E-state index in [1.54, 1.807) is 6.20 Å². The lowest BCUT2D eigenvalue weighted by Crippen LogP contribution is -2.03. The molecule has 108 valence electrons. The van der Waals surface area contributed by atoms with Gasteiger partial charge < -0.3 is 5.32 Å². The fourth-order valence-corrected chi connectivity index (χ4v) is 2.45. The number of nitrogens with one attached hydrogen (secondary N) is 2. The molecule has 5 heteroatoms. The van der Waals surface area contributed by atoms with E-state index in [0.717, 1.165) is 41.7 Å². The van der Waals surface area contributed by atoms with E-state index >= 15 is 0 Å². The largest absolute Gasteiger partial charge is 0.354 e. The molecule has 0 radical (unpaired) electrons. The van der Waals surface area contributed by atoms with Crippen LogP contribution < -0.4 is 5.32 Å². The molecule has 21 heavy (non-hydrogen) atoms. The molecule has 0 bridgehead atoms. The Labute approximate surface area is 123 Å². The van der Waals surface area contributed by atoms with Gasteiger partial charge in [0.2, 0.25) is 5.95 Å². The van der Waals surface area contributed by atoms with Crippen LogP contribution in [-0.4, -0.2) is 26.7 Å². The van der Waals surface area contributed by atoms with Gasteiger partial charge in [0, 0.05) is 12.1 Å². The van der Waals surface area contributed by atoms with Crippen LogP contribution in [0.3, 0.4) is 0 Å². The quantitative estimate of drug-likeness (QED) is 0.752. The number of benzene rings is 1. The Balaban J connectivity index is 2.13. The van der Waals surface area contributed by atoms with Crippen LogP contribution in [0.25, 0.3) is 22.3 Å². The number of rotatable bonds is 5. The molecule has 2 heterocycles. The van der Waals surface area contributed by atoms with Crippen molar-refractivity contribution in [2.24, 2.45) is 0 Å². The van der Waals surface area contributed by atoms with Gasteiger partial charge in [-0.2, -0.15) is 10.1 Å². The maximum absolute atomic E-state index is 4.65. The summed E-state index contributed by atoms with van der Waals surface area (Å²) in [6.45, 7) is 5.01. The molecular weight excluding hydrogens is 262 g/mol. The van der Waals surface area contributed by atoms with Crippen LogP contribution in [0.5, 0.6) is 0 Å². The van der Waals surface area contributed by atoms with Crippen molar-refractivity contribution in [1.29, 1.82) is 0 Å². The molecule has 3 aromatic rings. The molecule has 0 aliphatic rings. The van der Waals surface area contributed by atoms with Crippen LogP contribution in [-0.2, 0) is 6.42 Å². The first-order chi connectivity index (χ1) is 10.3. The minimum atomic E-state index is 0.630. The fourth-order valence-electron chi connectivity index (χ4n) is 2.45. The topological polar surface area (TPSA) is 66.5 Å². The van der Waals surface area contributed by atoms with Crippen LogP contribution in [0, 0.1) is 0 Å². The average molecular weight is 281 g/mol. The molecule has 0 spiro atoms. The highest BCUT2D eigenvalue weighted by atomic mass is 15.2. The second kappa shape index (κ2) is 5.91. The smallest absolute Gasteiger partial charge is 0.225 e. The predicted molar refractivity (Wildman–Crippen MR) is 85.3 cm³/mol. The summed E-state index contributed by atoms with van der Waals surface area (Å²) in [5.41, 5.74) is 4.11. The van der Waals surface area contributed by atoms with Crippen LogP contribution >= 0.6 is 0 Å². The summed E-state index contributed by atoms with van der Waals surface area (Å²) >= 11 is 0. The Bertz CT molecular complexity index is 747. The van der Waals surface area contributed by atoms with E-state index in [1.807, 2.05) is 6.92 Å². The van der Waals surface area contributed by atoms with E-state index in [1.165, 1.54) is 5.56 Å². The van der Waals surface area contributed by atoms with Crippen molar-refractivity contribution in [3.8, 4) is 11.3 Å². The second-order valence-electron chi connectivity index (χ2n) is 5.01. The van der Waals surface area contributed by atoms with Crippen molar-refractivity contribution in [2.75, 3.05) is 11.9 Å². The lowest BCUT2D eigenvalue weighted by molar-refractivity contribution is 0.922. The number of fused-ring (bicyclic) bond motifs is 1. The number of aromatic amines is 1. The van der Waals surface area contributed by atoms with Crippen molar-refractivity contribution in [3.63, 3.8) is 0 Å². The molecule has 0 aliphatic carbocycles. The minimum Gasteiger partial charge on any atom is -0.354 e. The van der Waals surface area contributed by atoms with Gasteiger partial charge in [-0.05, 0) is 25.0 Å². The molecule has 0 fully saturated rings. The van der Waals surface area contributed by atoms with Crippen molar-refractivity contribution in [2.45, 2.75) is 26.7 Å². The van der Waals surface area contributed by atoms with E-state index in [-0.39, 0.29) is 0 Å². The lowest BCUT2D eigenvalue weighted by Gasteiger charge is -2.08. The highest BCUT2D eigenvalue weighted by Crippen LogP contribution is 2.27. The third-order valence-electron chi connectivity index (χ3n) is 3.38. The Kier molecular flexibility index (Phi) is 3.81. The number of aromatic nitrogens is 4. The summed E-state index contributed by atoms with van der Waals surface area (Å²) in [5, 5.41) is 11.1. The van der Waals surface area contributed by atoms with E-state index in [0.29, 0.717) is 5.95 Å². The monoisotopic (exact) mass is 281 g/mol. The number of hydrogen-bond donors (Lipinski definition) is 2. The summed E-state index contributed by atoms with van der Waals surface area (Å²) in [6.07, 6.45) is 4.00. The summed E-state index contributed by atoms with van der Waals surface area (Å²) in [4.78, 5) is 9.08. The maximum Gasteiger partial charge on any atom is 0.225 e. The summed E-state index contributed by atoms with van der Waals surface area (Å²) in [5.74, 6) is 0.630. The van der Waals surface area contributed by atoms with Crippen molar-refractivity contribution >= 4 is 17.0 Å². The van der Waals surface area contributed by atoms with E-state index < -0.39 is 0 Å². The van der Waals surface area contributed by atoms with E-state index in [9.17, 15) is 0 Å². The molecule has 2 N–H and O–H groups in total. The van der Waals surface area contributed by atoms with Gasteiger partial charge in [0.25, 0.3) is 0 Å². The van der Waals surface area contributed by atoms with Gasteiger partial charge in [-0.15, -0.1) is 0 Å². The zero-order chi connectivity index (χ0) is 14.7. The van der Waals surface area contributed by atoms with Gasteiger partial charge >= 0.3 is 0 Å². The summed E-state index contributed by atoms with van der Waals surface area (Å²) in [6, 6.07) is 8.53.